The van der Waals surface area contributed by atoms with Crippen LogP contribution < -0.4 is 4.90 Å². The van der Waals surface area contributed by atoms with Gasteiger partial charge in [-0.25, -0.2) is 0 Å². The molecule has 14 heavy (non-hydrogen) atoms. The Morgan fingerprint density at radius 3 is 2.79 bits per heavy atom. The van der Waals surface area contributed by atoms with Crippen molar-refractivity contribution in [2.75, 3.05) is 24.6 Å². The Hall–Kier alpha value is -1.53. The maximum atomic E-state index is 8.89. The predicted octanol–water partition coefficient (Wildman–Crippen LogP) is 0.987. The van der Waals surface area contributed by atoms with E-state index in [0.717, 1.165) is 18.8 Å². The largest absolute Gasteiger partial charge is 0.396 e. The van der Waals surface area contributed by atoms with Gasteiger partial charge in [-0.15, -0.1) is 0 Å². The molecule has 72 valence electrons. The molecule has 1 saturated heterocycles. The van der Waals surface area contributed by atoms with Crippen molar-refractivity contribution in [3.8, 4) is 6.07 Å². The topological polar surface area (TPSA) is 47.3 Å². The van der Waals surface area contributed by atoms with E-state index in [0.29, 0.717) is 11.5 Å². The molecule has 1 aromatic carbocycles. The van der Waals surface area contributed by atoms with E-state index in [4.69, 9.17) is 10.4 Å². The van der Waals surface area contributed by atoms with E-state index < -0.39 is 0 Å². The van der Waals surface area contributed by atoms with Crippen molar-refractivity contribution in [2.45, 2.75) is 0 Å². The van der Waals surface area contributed by atoms with E-state index in [1.165, 1.54) is 0 Å². The molecule has 1 aromatic rings. The van der Waals surface area contributed by atoms with Gasteiger partial charge in [0, 0.05) is 25.6 Å². The van der Waals surface area contributed by atoms with Crippen molar-refractivity contribution in [1.82, 2.24) is 0 Å². The Morgan fingerprint density at radius 1 is 1.43 bits per heavy atom. The number of para-hydroxylation sites is 1. The van der Waals surface area contributed by atoms with Crippen LogP contribution in [0.25, 0.3) is 0 Å². The predicted molar refractivity (Wildman–Crippen MR) is 53.9 cm³/mol. The first kappa shape index (κ1) is 9.04. The summed E-state index contributed by atoms with van der Waals surface area (Å²) in [5.74, 6) is 0.377. The maximum Gasteiger partial charge on any atom is 0.101 e. The van der Waals surface area contributed by atoms with Crippen LogP contribution in [0.5, 0.6) is 0 Å². The van der Waals surface area contributed by atoms with Crippen LogP contribution in [0.1, 0.15) is 5.56 Å². The zero-order valence-corrected chi connectivity index (χ0v) is 7.85. The highest BCUT2D eigenvalue weighted by Gasteiger charge is 2.27. The number of nitriles is 1. The lowest BCUT2D eigenvalue weighted by atomic mass is 9.99. The van der Waals surface area contributed by atoms with E-state index in [1.807, 2.05) is 24.3 Å². The molecule has 2 rings (SSSR count). The summed E-state index contributed by atoms with van der Waals surface area (Å²) in [5.41, 5.74) is 1.70. The maximum absolute atomic E-state index is 8.89. The standard InChI is InChI=1S/C11H12N2O/c12-5-10-3-1-2-4-11(10)13-6-9(7-13)8-14/h1-4,9,14H,6-8H2. The monoisotopic (exact) mass is 188 g/mol. The molecule has 0 bridgehead atoms. The third-order valence-electron chi connectivity index (χ3n) is 2.58. The molecule has 0 spiro atoms. The molecule has 1 aliphatic rings. The molecule has 3 nitrogen and oxygen atoms in total. The van der Waals surface area contributed by atoms with Crippen molar-refractivity contribution in [3.63, 3.8) is 0 Å². The lowest BCUT2D eigenvalue weighted by molar-refractivity contribution is 0.200. The summed E-state index contributed by atoms with van der Waals surface area (Å²) in [7, 11) is 0. The first-order chi connectivity index (χ1) is 6.85. The van der Waals surface area contributed by atoms with Gasteiger partial charge in [-0.2, -0.15) is 5.26 Å². The molecule has 0 amide bonds. The van der Waals surface area contributed by atoms with Crippen molar-refractivity contribution in [2.24, 2.45) is 5.92 Å². The van der Waals surface area contributed by atoms with Gasteiger partial charge in [0.15, 0.2) is 0 Å². The van der Waals surface area contributed by atoms with Gasteiger partial charge in [0.25, 0.3) is 0 Å². The van der Waals surface area contributed by atoms with Crippen molar-refractivity contribution in [3.05, 3.63) is 29.8 Å². The van der Waals surface area contributed by atoms with Gasteiger partial charge in [-0.1, -0.05) is 12.1 Å². The molecule has 0 unspecified atom stereocenters. The van der Waals surface area contributed by atoms with E-state index in [1.54, 1.807) is 0 Å². The molecular formula is C11H12N2O. The fourth-order valence-corrected chi connectivity index (χ4v) is 1.73. The van der Waals surface area contributed by atoms with Gasteiger partial charge in [0.2, 0.25) is 0 Å². The van der Waals surface area contributed by atoms with Crippen LogP contribution in [-0.4, -0.2) is 24.8 Å². The molecule has 3 heteroatoms. The smallest absolute Gasteiger partial charge is 0.101 e. The first-order valence-corrected chi connectivity index (χ1v) is 4.70. The molecule has 0 aromatic heterocycles. The Kier molecular flexibility index (Phi) is 2.38. The summed E-state index contributed by atoms with van der Waals surface area (Å²) in [6.45, 7) is 1.95. The number of benzene rings is 1. The fraction of sp³-hybridized carbons (Fsp3) is 0.364. The minimum Gasteiger partial charge on any atom is -0.396 e. The van der Waals surface area contributed by atoms with Crippen LogP contribution in [0.2, 0.25) is 0 Å². The molecular weight excluding hydrogens is 176 g/mol. The van der Waals surface area contributed by atoms with Gasteiger partial charge >= 0.3 is 0 Å². The van der Waals surface area contributed by atoms with Crippen LogP contribution >= 0.6 is 0 Å². The molecule has 0 saturated carbocycles. The summed E-state index contributed by atoms with van der Waals surface area (Å²) in [6, 6.07) is 9.74. The highest BCUT2D eigenvalue weighted by Crippen LogP contribution is 2.26. The second-order valence-electron chi connectivity index (χ2n) is 3.58. The van der Waals surface area contributed by atoms with E-state index in [9.17, 15) is 0 Å². The average molecular weight is 188 g/mol. The minimum absolute atomic E-state index is 0.241. The van der Waals surface area contributed by atoms with Gasteiger partial charge in [0.05, 0.1) is 11.3 Å². The Balaban J connectivity index is 2.15. The molecule has 0 aliphatic carbocycles. The van der Waals surface area contributed by atoms with Crippen LogP contribution in [0.3, 0.4) is 0 Å². The average Bonchev–Trinajstić information content (AvgIpc) is 2.17. The minimum atomic E-state index is 0.241. The fourth-order valence-electron chi connectivity index (χ4n) is 1.73. The Bertz CT molecular complexity index is 364. The van der Waals surface area contributed by atoms with E-state index in [2.05, 4.69) is 11.0 Å². The highest BCUT2D eigenvalue weighted by molar-refractivity contribution is 5.60. The van der Waals surface area contributed by atoms with Gasteiger partial charge in [-0.3, -0.25) is 0 Å². The molecule has 0 radical (unpaired) electrons. The molecule has 1 N–H and O–H groups in total. The molecule has 0 atom stereocenters. The second kappa shape index (κ2) is 3.69. The number of nitrogens with zero attached hydrogens (tertiary/aromatic N) is 2. The molecule has 1 aliphatic heterocycles. The zero-order valence-electron chi connectivity index (χ0n) is 7.85. The van der Waals surface area contributed by atoms with Gasteiger partial charge < -0.3 is 10.0 Å². The number of aliphatic hydroxyl groups is 1. The SMILES string of the molecule is N#Cc1ccccc1N1CC(CO)C1. The number of hydrogen-bond acceptors (Lipinski definition) is 3. The molecule has 1 heterocycles. The lowest BCUT2D eigenvalue weighted by Gasteiger charge is -2.40. The third kappa shape index (κ3) is 1.45. The summed E-state index contributed by atoms with van der Waals surface area (Å²) in [5, 5.41) is 17.8. The van der Waals surface area contributed by atoms with Gasteiger partial charge in [-0.05, 0) is 12.1 Å². The zero-order chi connectivity index (χ0) is 9.97. The second-order valence-corrected chi connectivity index (χ2v) is 3.58. The lowest BCUT2D eigenvalue weighted by Crippen LogP contribution is -2.48. The Labute approximate surface area is 83.2 Å². The highest BCUT2D eigenvalue weighted by atomic mass is 16.3. The first-order valence-electron chi connectivity index (χ1n) is 4.70. The number of rotatable bonds is 2. The van der Waals surface area contributed by atoms with Crippen LogP contribution in [0.4, 0.5) is 5.69 Å². The van der Waals surface area contributed by atoms with E-state index in [-0.39, 0.29) is 6.61 Å². The normalized spacial score (nSPS) is 16.1. The summed E-state index contributed by atoms with van der Waals surface area (Å²) in [4.78, 5) is 2.12. The number of anilines is 1. The summed E-state index contributed by atoms with van der Waals surface area (Å²) >= 11 is 0. The van der Waals surface area contributed by atoms with Crippen molar-refractivity contribution in [1.29, 1.82) is 5.26 Å². The summed E-state index contributed by atoms with van der Waals surface area (Å²) in [6.07, 6.45) is 0. The quantitative estimate of drug-likeness (QED) is 0.752. The number of aliphatic hydroxyl groups excluding tert-OH is 1. The van der Waals surface area contributed by atoms with E-state index >= 15 is 0 Å². The Morgan fingerprint density at radius 2 is 2.14 bits per heavy atom. The van der Waals surface area contributed by atoms with Crippen LogP contribution in [-0.2, 0) is 0 Å². The van der Waals surface area contributed by atoms with Crippen LogP contribution in [0, 0.1) is 17.2 Å². The van der Waals surface area contributed by atoms with Crippen LogP contribution in [0.15, 0.2) is 24.3 Å². The third-order valence-corrected chi connectivity index (χ3v) is 2.58. The molecule has 1 fully saturated rings. The number of hydrogen-bond donors (Lipinski definition) is 1. The van der Waals surface area contributed by atoms with Crippen molar-refractivity contribution >= 4 is 5.69 Å². The van der Waals surface area contributed by atoms with Crippen molar-refractivity contribution < 1.29 is 5.11 Å². The summed E-state index contributed by atoms with van der Waals surface area (Å²) < 4.78 is 0. The van der Waals surface area contributed by atoms with Gasteiger partial charge in [0.1, 0.15) is 6.07 Å².